The zero-order valence-electron chi connectivity index (χ0n) is 13.3. The molecule has 0 fully saturated rings. The van der Waals surface area contributed by atoms with Gasteiger partial charge in [-0.05, 0) is 56.7 Å². The number of hydrogen-bond acceptors (Lipinski definition) is 3. The molecule has 1 amide bonds. The summed E-state index contributed by atoms with van der Waals surface area (Å²) in [6.45, 7) is 5.81. The number of anilines is 1. The van der Waals surface area contributed by atoms with Crippen molar-refractivity contribution in [3.63, 3.8) is 0 Å². The van der Waals surface area contributed by atoms with E-state index in [1.54, 1.807) is 25.3 Å². The van der Waals surface area contributed by atoms with E-state index in [0.29, 0.717) is 17.0 Å². The Labute approximate surface area is 131 Å². The molecule has 0 aromatic heterocycles. The predicted molar refractivity (Wildman–Crippen MR) is 87.9 cm³/mol. The lowest BCUT2D eigenvalue weighted by Crippen LogP contribution is -2.14. The SMILES string of the molecule is COc1ccc(C(=O)Nc2ccccc2OC(C)C)cc1C. The molecule has 2 rings (SSSR count). The summed E-state index contributed by atoms with van der Waals surface area (Å²) in [6.07, 6.45) is 0.0429. The molecule has 0 heterocycles. The third-order valence-corrected chi connectivity index (χ3v) is 3.15. The summed E-state index contributed by atoms with van der Waals surface area (Å²) in [5.74, 6) is 1.25. The molecule has 0 spiro atoms. The van der Waals surface area contributed by atoms with Crippen molar-refractivity contribution in [3.05, 3.63) is 53.6 Å². The smallest absolute Gasteiger partial charge is 0.255 e. The standard InChI is InChI=1S/C18H21NO3/c1-12(2)22-17-8-6-5-7-15(17)19-18(20)14-9-10-16(21-4)13(3)11-14/h5-12H,1-4H3,(H,19,20). The minimum absolute atomic E-state index is 0.0429. The first kappa shape index (κ1) is 15.9. The molecular weight excluding hydrogens is 278 g/mol. The number of carbonyl (C=O) groups excluding carboxylic acids is 1. The van der Waals surface area contributed by atoms with Crippen molar-refractivity contribution in [1.82, 2.24) is 0 Å². The number of amides is 1. The van der Waals surface area contributed by atoms with Gasteiger partial charge in [-0.1, -0.05) is 12.1 Å². The number of rotatable bonds is 5. The van der Waals surface area contributed by atoms with Gasteiger partial charge in [0.2, 0.25) is 0 Å². The van der Waals surface area contributed by atoms with Crippen LogP contribution in [0, 0.1) is 6.92 Å². The zero-order valence-corrected chi connectivity index (χ0v) is 13.3. The minimum Gasteiger partial charge on any atom is -0.496 e. The molecule has 0 bridgehead atoms. The van der Waals surface area contributed by atoms with Gasteiger partial charge in [0.25, 0.3) is 5.91 Å². The maximum atomic E-state index is 12.4. The van der Waals surface area contributed by atoms with Crippen LogP contribution in [0.5, 0.6) is 11.5 Å². The lowest BCUT2D eigenvalue weighted by Gasteiger charge is -2.15. The van der Waals surface area contributed by atoms with Crippen LogP contribution in [0.2, 0.25) is 0 Å². The molecule has 0 saturated heterocycles. The Morgan fingerprint density at radius 2 is 1.82 bits per heavy atom. The molecule has 116 valence electrons. The maximum Gasteiger partial charge on any atom is 0.255 e. The second kappa shape index (κ2) is 6.98. The minimum atomic E-state index is -0.175. The number of methoxy groups -OCH3 is 1. The number of hydrogen-bond donors (Lipinski definition) is 1. The Kier molecular flexibility index (Phi) is 5.04. The molecule has 2 aromatic rings. The first-order valence-corrected chi connectivity index (χ1v) is 7.23. The largest absolute Gasteiger partial charge is 0.496 e. The number of carbonyl (C=O) groups is 1. The van der Waals surface area contributed by atoms with Crippen LogP contribution in [-0.2, 0) is 0 Å². The molecule has 1 N–H and O–H groups in total. The third-order valence-electron chi connectivity index (χ3n) is 3.15. The van der Waals surface area contributed by atoms with E-state index < -0.39 is 0 Å². The highest BCUT2D eigenvalue weighted by molar-refractivity contribution is 6.05. The van der Waals surface area contributed by atoms with Crippen LogP contribution in [0.25, 0.3) is 0 Å². The number of benzene rings is 2. The fraction of sp³-hybridized carbons (Fsp3) is 0.278. The molecule has 0 radical (unpaired) electrons. The molecule has 0 atom stereocenters. The number of ether oxygens (including phenoxy) is 2. The summed E-state index contributed by atoms with van der Waals surface area (Å²) in [6, 6.07) is 12.8. The predicted octanol–water partition coefficient (Wildman–Crippen LogP) is 4.04. The third kappa shape index (κ3) is 3.79. The maximum absolute atomic E-state index is 12.4. The van der Waals surface area contributed by atoms with Crippen molar-refractivity contribution in [3.8, 4) is 11.5 Å². The lowest BCUT2D eigenvalue weighted by molar-refractivity contribution is 0.102. The van der Waals surface area contributed by atoms with Crippen molar-refractivity contribution in [1.29, 1.82) is 0 Å². The van der Waals surface area contributed by atoms with Gasteiger partial charge >= 0.3 is 0 Å². The Hall–Kier alpha value is -2.49. The molecule has 22 heavy (non-hydrogen) atoms. The van der Waals surface area contributed by atoms with Gasteiger partial charge in [0.05, 0.1) is 18.9 Å². The van der Waals surface area contributed by atoms with Crippen LogP contribution in [-0.4, -0.2) is 19.1 Å². The van der Waals surface area contributed by atoms with E-state index in [4.69, 9.17) is 9.47 Å². The molecule has 2 aromatic carbocycles. The van der Waals surface area contributed by atoms with Gasteiger partial charge in [0.15, 0.2) is 0 Å². The van der Waals surface area contributed by atoms with Crippen LogP contribution in [0.3, 0.4) is 0 Å². The monoisotopic (exact) mass is 299 g/mol. The van der Waals surface area contributed by atoms with Crippen molar-refractivity contribution in [2.24, 2.45) is 0 Å². The number of para-hydroxylation sites is 2. The quantitative estimate of drug-likeness (QED) is 0.906. The van der Waals surface area contributed by atoms with Crippen LogP contribution in [0.4, 0.5) is 5.69 Å². The fourth-order valence-electron chi connectivity index (χ4n) is 2.14. The van der Waals surface area contributed by atoms with E-state index in [9.17, 15) is 4.79 Å². The average molecular weight is 299 g/mol. The average Bonchev–Trinajstić information content (AvgIpc) is 2.48. The molecule has 0 saturated carbocycles. The van der Waals surface area contributed by atoms with Crippen LogP contribution >= 0.6 is 0 Å². The van der Waals surface area contributed by atoms with Crippen LogP contribution in [0.15, 0.2) is 42.5 Å². The first-order chi connectivity index (χ1) is 10.5. The molecule has 0 aliphatic carbocycles. The number of aryl methyl sites for hydroxylation is 1. The molecule has 4 heteroatoms. The van der Waals surface area contributed by atoms with Gasteiger partial charge in [0, 0.05) is 5.56 Å². The van der Waals surface area contributed by atoms with E-state index in [2.05, 4.69) is 5.32 Å². The summed E-state index contributed by atoms with van der Waals surface area (Å²) in [5.41, 5.74) is 2.16. The summed E-state index contributed by atoms with van der Waals surface area (Å²) in [7, 11) is 1.61. The Balaban J connectivity index is 2.20. The Morgan fingerprint density at radius 3 is 2.45 bits per heavy atom. The fourth-order valence-corrected chi connectivity index (χ4v) is 2.14. The number of nitrogens with one attached hydrogen (secondary N) is 1. The summed E-state index contributed by atoms with van der Waals surface area (Å²) in [5, 5.41) is 2.89. The summed E-state index contributed by atoms with van der Waals surface area (Å²) >= 11 is 0. The van der Waals surface area contributed by atoms with Crippen molar-refractivity contribution in [2.45, 2.75) is 26.9 Å². The van der Waals surface area contributed by atoms with Crippen molar-refractivity contribution in [2.75, 3.05) is 12.4 Å². The van der Waals surface area contributed by atoms with E-state index in [1.165, 1.54) is 0 Å². The van der Waals surface area contributed by atoms with Crippen molar-refractivity contribution >= 4 is 11.6 Å². The zero-order chi connectivity index (χ0) is 16.1. The molecule has 0 unspecified atom stereocenters. The van der Waals surface area contributed by atoms with Crippen molar-refractivity contribution < 1.29 is 14.3 Å². The first-order valence-electron chi connectivity index (χ1n) is 7.23. The highest BCUT2D eigenvalue weighted by atomic mass is 16.5. The Bertz CT molecular complexity index is 665. The van der Waals surface area contributed by atoms with Gasteiger partial charge in [0.1, 0.15) is 11.5 Å². The normalized spacial score (nSPS) is 10.4. The highest BCUT2D eigenvalue weighted by Crippen LogP contribution is 2.26. The van der Waals surface area contributed by atoms with Gasteiger partial charge in [-0.2, -0.15) is 0 Å². The molecule has 4 nitrogen and oxygen atoms in total. The molecular formula is C18H21NO3. The second-order valence-corrected chi connectivity index (χ2v) is 5.30. The van der Waals surface area contributed by atoms with Gasteiger partial charge in [-0.3, -0.25) is 4.79 Å². The van der Waals surface area contributed by atoms with Gasteiger partial charge < -0.3 is 14.8 Å². The summed E-state index contributed by atoms with van der Waals surface area (Å²) < 4.78 is 10.9. The van der Waals surface area contributed by atoms with Crippen LogP contribution < -0.4 is 14.8 Å². The molecule has 0 aliphatic heterocycles. The van der Waals surface area contributed by atoms with E-state index in [1.807, 2.05) is 45.0 Å². The topological polar surface area (TPSA) is 47.6 Å². The van der Waals surface area contributed by atoms with E-state index >= 15 is 0 Å². The van der Waals surface area contributed by atoms with Gasteiger partial charge in [-0.15, -0.1) is 0 Å². The lowest BCUT2D eigenvalue weighted by atomic mass is 10.1. The van der Waals surface area contributed by atoms with E-state index in [-0.39, 0.29) is 12.0 Å². The second-order valence-electron chi connectivity index (χ2n) is 5.30. The highest BCUT2D eigenvalue weighted by Gasteiger charge is 2.12. The van der Waals surface area contributed by atoms with Gasteiger partial charge in [-0.25, -0.2) is 0 Å². The summed E-state index contributed by atoms with van der Waals surface area (Å²) in [4.78, 5) is 12.4. The van der Waals surface area contributed by atoms with E-state index in [0.717, 1.165) is 11.3 Å². The van der Waals surface area contributed by atoms with Crippen LogP contribution in [0.1, 0.15) is 29.8 Å². The Morgan fingerprint density at radius 1 is 1.09 bits per heavy atom. The molecule has 0 aliphatic rings.